The van der Waals surface area contributed by atoms with Crippen LogP contribution >= 0.6 is 0 Å². The highest BCUT2D eigenvalue weighted by Crippen LogP contribution is 2.37. The number of para-hydroxylation sites is 2. The van der Waals surface area contributed by atoms with E-state index < -0.39 is 0 Å². The van der Waals surface area contributed by atoms with Gasteiger partial charge in [-0.1, -0.05) is 115 Å². The van der Waals surface area contributed by atoms with E-state index in [1.807, 2.05) is 30.3 Å². The van der Waals surface area contributed by atoms with E-state index in [0.717, 1.165) is 22.9 Å². The standard InChI is InChI=1S/C32H52N2O/c1-5-7-9-11-13-16-21-27(3)33-30-25-20-26-31(35-29-23-18-15-19-24-29)32(30)34-28(4)22-17-14-12-10-8-6-2/h15,18-20,23-28,33-34H,5-14,16-17,21-22H2,1-4H3. The maximum Gasteiger partial charge on any atom is 0.152 e. The quantitative estimate of drug-likeness (QED) is 0.185. The summed E-state index contributed by atoms with van der Waals surface area (Å²) in [7, 11) is 0. The zero-order chi connectivity index (χ0) is 25.1. The fourth-order valence-electron chi connectivity index (χ4n) is 4.62. The number of hydrogen-bond acceptors (Lipinski definition) is 3. The van der Waals surface area contributed by atoms with Crippen molar-refractivity contribution in [3.63, 3.8) is 0 Å². The molecule has 0 aliphatic rings. The summed E-state index contributed by atoms with van der Waals surface area (Å²) < 4.78 is 6.34. The van der Waals surface area contributed by atoms with Gasteiger partial charge in [-0.25, -0.2) is 0 Å². The zero-order valence-electron chi connectivity index (χ0n) is 23.1. The molecular weight excluding hydrogens is 428 g/mol. The highest BCUT2D eigenvalue weighted by atomic mass is 16.5. The van der Waals surface area contributed by atoms with E-state index in [4.69, 9.17) is 4.74 Å². The predicted octanol–water partition coefficient (Wildman–Crippen LogP) is 10.6. The molecule has 0 aliphatic heterocycles. The average Bonchev–Trinajstić information content (AvgIpc) is 2.86. The Labute approximate surface area is 216 Å². The molecule has 3 nitrogen and oxygen atoms in total. The second-order valence-corrected chi connectivity index (χ2v) is 10.3. The van der Waals surface area contributed by atoms with Gasteiger partial charge in [0.05, 0.1) is 5.69 Å². The first-order valence-electron chi connectivity index (χ1n) is 14.5. The zero-order valence-corrected chi connectivity index (χ0v) is 23.1. The van der Waals surface area contributed by atoms with Crippen LogP contribution < -0.4 is 15.4 Å². The Hall–Kier alpha value is -2.16. The van der Waals surface area contributed by atoms with Gasteiger partial charge in [0.1, 0.15) is 11.4 Å². The summed E-state index contributed by atoms with van der Waals surface area (Å²) in [6.07, 6.45) is 18.4. The molecule has 0 aromatic heterocycles. The molecule has 0 heterocycles. The Balaban J connectivity index is 2.00. The van der Waals surface area contributed by atoms with Crippen LogP contribution in [0, 0.1) is 0 Å². The fourth-order valence-corrected chi connectivity index (χ4v) is 4.62. The second-order valence-electron chi connectivity index (χ2n) is 10.3. The van der Waals surface area contributed by atoms with Crippen LogP contribution in [-0.4, -0.2) is 12.1 Å². The molecule has 0 aliphatic carbocycles. The molecule has 0 bridgehead atoms. The topological polar surface area (TPSA) is 33.3 Å². The highest BCUT2D eigenvalue weighted by molar-refractivity contribution is 5.76. The molecule has 2 aromatic carbocycles. The molecule has 0 amide bonds. The van der Waals surface area contributed by atoms with Gasteiger partial charge in [-0.15, -0.1) is 0 Å². The minimum atomic E-state index is 0.399. The smallest absolute Gasteiger partial charge is 0.152 e. The van der Waals surface area contributed by atoms with Crippen molar-refractivity contribution in [2.45, 2.75) is 130 Å². The van der Waals surface area contributed by atoms with Gasteiger partial charge in [-0.3, -0.25) is 0 Å². The third-order valence-corrected chi connectivity index (χ3v) is 6.77. The van der Waals surface area contributed by atoms with Crippen LogP contribution in [0.4, 0.5) is 11.4 Å². The van der Waals surface area contributed by atoms with Crippen molar-refractivity contribution in [1.82, 2.24) is 0 Å². The Morgan fingerprint density at radius 1 is 0.600 bits per heavy atom. The molecule has 2 aromatic rings. The first kappa shape index (κ1) is 29.1. The summed E-state index contributed by atoms with van der Waals surface area (Å²) in [6.45, 7) is 9.16. The molecule has 2 unspecified atom stereocenters. The van der Waals surface area contributed by atoms with E-state index in [0.29, 0.717) is 12.1 Å². The van der Waals surface area contributed by atoms with Gasteiger partial charge in [-0.05, 0) is 51.0 Å². The summed E-state index contributed by atoms with van der Waals surface area (Å²) in [6, 6.07) is 17.3. The maximum absolute atomic E-state index is 6.34. The molecule has 0 saturated heterocycles. The summed E-state index contributed by atoms with van der Waals surface area (Å²) in [5.74, 6) is 1.76. The maximum atomic E-state index is 6.34. The van der Waals surface area contributed by atoms with Gasteiger partial charge in [0.25, 0.3) is 0 Å². The third kappa shape index (κ3) is 12.4. The van der Waals surface area contributed by atoms with Crippen LogP contribution in [0.1, 0.15) is 118 Å². The molecule has 2 N–H and O–H groups in total. The summed E-state index contributed by atoms with van der Waals surface area (Å²) in [5.41, 5.74) is 2.23. The Morgan fingerprint density at radius 2 is 1.14 bits per heavy atom. The number of rotatable bonds is 20. The van der Waals surface area contributed by atoms with Crippen molar-refractivity contribution >= 4 is 11.4 Å². The summed E-state index contributed by atoms with van der Waals surface area (Å²) in [4.78, 5) is 0. The SMILES string of the molecule is CCCCCCCCC(C)Nc1cccc(Oc2ccccc2)c1NC(C)CCCCCCCC. The van der Waals surface area contributed by atoms with Crippen molar-refractivity contribution in [2.24, 2.45) is 0 Å². The summed E-state index contributed by atoms with van der Waals surface area (Å²) in [5, 5.41) is 7.60. The minimum absolute atomic E-state index is 0.399. The van der Waals surface area contributed by atoms with Crippen LogP contribution in [0.25, 0.3) is 0 Å². The Morgan fingerprint density at radius 3 is 1.74 bits per heavy atom. The average molecular weight is 481 g/mol. The van der Waals surface area contributed by atoms with Crippen LogP contribution in [-0.2, 0) is 0 Å². The molecule has 35 heavy (non-hydrogen) atoms. The van der Waals surface area contributed by atoms with Crippen LogP contribution in [0.2, 0.25) is 0 Å². The first-order valence-corrected chi connectivity index (χ1v) is 14.5. The minimum Gasteiger partial charge on any atom is -0.455 e. The highest BCUT2D eigenvalue weighted by Gasteiger charge is 2.15. The lowest BCUT2D eigenvalue weighted by Gasteiger charge is -2.24. The molecule has 0 spiro atoms. The molecule has 0 fully saturated rings. The number of nitrogens with one attached hydrogen (secondary N) is 2. The largest absolute Gasteiger partial charge is 0.455 e. The lowest BCUT2D eigenvalue weighted by atomic mass is 10.1. The number of unbranched alkanes of at least 4 members (excludes halogenated alkanes) is 10. The van der Waals surface area contributed by atoms with E-state index in [2.05, 4.69) is 56.5 Å². The number of ether oxygens (including phenoxy) is 1. The molecule has 0 radical (unpaired) electrons. The van der Waals surface area contributed by atoms with Crippen molar-refractivity contribution in [3.05, 3.63) is 48.5 Å². The first-order chi connectivity index (χ1) is 17.1. The molecule has 196 valence electrons. The van der Waals surface area contributed by atoms with Crippen molar-refractivity contribution in [2.75, 3.05) is 10.6 Å². The summed E-state index contributed by atoms with van der Waals surface area (Å²) >= 11 is 0. The second kappa shape index (κ2) is 18.2. The van der Waals surface area contributed by atoms with E-state index in [1.165, 1.54) is 89.9 Å². The fraction of sp³-hybridized carbons (Fsp3) is 0.625. The molecule has 2 rings (SSSR count). The van der Waals surface area contributed by atoms with Crippen molar-refractivity contribution in [3.8, 4) is 11.5 Å². The molecule has 2 atom stereocenters. The molecule has 0 saturated carbocycles. The lowest BCUT2D eigenvalue weighted by Crippen LogP contribution is -2.20. The van der Waals surface area contributed by atoms with Crippen molar-refractivity contribution in [1.29, 1.82) is 0 Å². The lowest BCUT2D eigenvalue weighted by molar-refractivity contribution is 0.483. The van der Waals surface area contributed by atoms with E-state index >= 15 is 0 Å². The van der Waals surface area contributed by atoms with E-state index in [9.17, 15) is 0 Å². The predicted molar refractivity (Wildman–Crippen MR) is 155 cm³/mol. The van der Waals surface area contributed by atoms with Gasteiger partial charge >= 0.3 is 0 Å². The van der Waals surface area contributed by atoms with Gasteiger partial charge in [0, 0.05) is 12.1 Å². The van der Waals surface area contributed by atoms with E-state index in [-0.39, 0.29) is 0 Å². The third-order valence-electron chi connectivity index (χ3n) is 6.77. The van der Waals surface area contributed by atoms with Gasteiger partial charge in [-0.2, -0.15) is 0 Å². The van der Waals surface area contributed by atoms with Gasteiger partial charge in [0.15, 0.2) is 5.75 Å². The van der Waals surface area contributed by atoms with Crippen LogP contribution in [0.15, 0.2) is 48.5 Å². The number of benzene rings is 2. The van der Waals surface area contributed by atoms with Crippen LogP contribution in [0.3, 0.4) is 0 Å². The normalized spacial score (nSPS) is 12.8. The monoisotopic (exact) mass is 480 g/mol. The number of anilines is 2. The van der Waals surface area contributed by atoms with Gasteiger partial charge in [0.2, 0.25) is 0 Å². The van der Waals surface area contributed by atoms with Crippen LogP contribution in [0.5, 0.6) is 11.5 Å². The van der Waals surface area contributed by atoms with Gasteiger partial charge < -0.3 is 15.4 Å². The Bertz CT molecular complexity index is 776. The van der Waals surface area contributed by atoms with Crippen molar-refractivity contribution < 1.29 is 4.74 Å². The number of hydrogen-bond donors (Lipinski definition) is 2. The Kier molecular flexibility index (Phi) is 15.1. The van der Waals surface area contributed by atoms with E-state index in [1.54, 1.807) is 0 Å². The molecular formula is C32H52N2O. The molecule has 3 heteroatoms.